The summed E-state index contributed by atoms with van der Waals surface area (Å²) in [5, 5.41) is 0. The summed E-state index contributed by atoms with van der Waals surface area (Å²) < 4.78 is 0. The Morgan fingerprint density at radius 2 is 2.18 bits per heavy atom. The number of aromatic amines is 1. The van der Waals surface area contributed by atoms with Crippen LogP contribution in [0.4, 0.5) is 0 Å². The Morgan fingerprint density at radius 1 is 1.47 bits per heavy atom. The molecule has 0 spiro atoms. The van der Waals surface area contributed by atoms with E-state index < -0.39 is 0 Å². The lowest BCUT2D eigenvalue weighted by atomic mass is 9.99. The Hall–Kier alpha value is -1.36. The van der Waals surface area contributed by atoms with Crippen molar-refractivity contribution in [3.05, 3.63) is 17.7 Å². The van der Waals surface area contributed by atoms with Crippen molar-refractivity contribution in [3.63, 3.8) is 0 Å². The average Bonchev–Trinajstić information content (AvgIpc) is 2.68. The van der Waals surface area contributed by atoms with Gasteiger partial charge in [-0.25, -0.2) is 4.98 Å². The first-order valence-corrected chi connectivity index (χ1v) is 5.92. The second-order valence-electron chi connectivity index (χ2n) is 5.34. The van der Waals surface area contributed by atoms with Crippen LogP contribution < -0.4 is 0 Å². The highest BCUT2D eigenvalue weighted by atomic mass is 16.2. The van der Waals surface area contributed by atoms with Gasteiger partial charge in [-0.3, -0.25) is 9.69 Å². The highest BCUT2D eigenvalue weighted by Crippen LogP contribution is 2.20. The number of aryl methyl sites for hydroxylation is 1. The standard InChI is InChI=1S/C12H20N4O/c1-9-13-7-10(14-9)11(17)16-6-5-15(4)12(2,3)8-16/h7H,5-6,8H2,1-4H3,(H,13,14). The molecule has 1 aromatic rings. The van der Waals surface area contributed by atoms with E-state index in [1.165, 1.54) is 0 Å². The number of H-pyrrole nitrogens is 1. The zero-order valence-corrected chi connectivity index (χ0v) is 10.9. The number of hydrogen-bond acceptors (Lipinski definition) is 3. The number of rotatable bonds is 1. The van der Waals surface area contributed by atoms with Gasteiger partial charge in [0, 0.05) is 25.2 Å². The Bertz CT molecular complexity index is 424. The zero-order chi connectivity index (χ0) is 12.6. The summed E-state index contributed by atoms with van der Waals surface area (Å²) in [6, 6.07) is 0. The smallest absolute Gasteiger partial charge is 0.272 e. The number of carbonyl (C=O) groups excluding carboxylic acids is 1. The second-order valence-corrected chi connectivity index (χ2v) is 5.34. The summed E-state index contributed by atoms with van der Waals surface area (Å²) in [6.07, 6.45) is 1.61. The van der Waals surface area contributed by atoms with E-state index in [0.29, 0.717) is 5.69 Å². The van der Waals surface area contributed by atoms with Crippen LogP contribution in [-0.2, 0) is 0 Å². The first-order valence-electron chi connectivity index (χ1n) is 5.92. The third kappa shape index (κ3) is 2.34. The molecule has 1 amide bonds. The minimum absolute atomic E-state index is 0.0307. The molecule has 0 aromatic carbocycles. The van der Waals surface area contributed by atoms with Crippen molar-refractivity contribution >= 4 is 5.91 Å². The van der Waals surface area contributed by atoms with Crippen LogP contribution >= 0.6 is 0 Å². The van der Waals surface area contributed by atoms with Crippen LogP contribution in [0.25, 0.3) is 0 Å². The molecule has 0 aliphatic carbocycles. The van der Waals surface area contributed by atoms with E-state index >= 15 is 0 Å². The van der Waals surface area contributed by atoms with Crippen molar-refractivity contribution < 1.29 is 4.79 Å². The molecular weight excluding hydrogens is 216 g/mol. The fraction of sp³-hybridized carbons (Fsp3) is 0.667. The van der Waals surface area contributed by atoms with Gasteiger partial charge < -0.3 is 9.88 Å². The molecule has 2 rings (SSSR count). The molecule has 0 unspecified atom stereocenters. The summed E-state index contributed by atoms with van der Waals surface area (Å²) in [7, 11) is 2.10. The maximum Gasteiger partial charge on any atom is 0.272 e. The maximum absolute atomic E-state index is 12.2. The molecule has 1 N–H and O–H groups in total. The van der Waals surface area contributed by atoms with Crippen molar-refractivity contribution in [2.45, 2.75) is 26.3 Å². The topological polar surface area (TPSA) is 52.2 Å². The predicted octanol–water partition coefficient (Wildman–Crippen LogP) is 0.884. The Labute approximate surface area is 102 Å². The molecule has 1 aromatic heterocycles. The van der Waals surface area contributed by atoms with Crippen LogP contribution in [0.2, 0.25) is 0 Å². The van der Waals surface area contributed by atoms with Crippen molar-refractivity contribution in [1.29, 1.82) is 0 Å². The van der Waals surface area contributed by atoms with Gasteiger partial charge in [0.25, 0.3) is 5.91 Å². The fourth-order valence-electron chi connectivity index (χ4n) is 2.11. The molecule has 1 aliphatic heterocycles. The van der Waals surface area contributed by atoms with Gasteiger partial charge in [-0.2, -0.15) is 0 Å². The third-order valence-electron chi connectivity index (χ3n) is 3.54. The van der Waals surface area contributed by atoms with E-state index in [2.05, 4.69) is 35.8 Å². The average molecular weight is 236 g/mol. The minimum atomic E-state index is 0.0307. The van der Waals surface area contributed by atoms with Gasteiger partial charge >= 0.3 is 0 Å². The van der Waals surface area contributed by atoms with E-state index in [9.17, 15) is 4.79 Å². The number of imidazole rings is 1. The summed E-state index contributed by atoms with van der Waals surface area (Å²) in [5.41, 5.74) is 0.617. The fourth-order valence-corrected chi connectivity index (χ4v) is 2.11. The third-order valence-corrected chi connectivity index (χ3v) is 3.54. The number of nitrogens with one attached hydrogen (secondary N) is 1. The number of aromatic nitrogens is 2. The largest absolute Gasteiger partial charge is 0.338 e. The van der Waals surface area contributed by atoms with Gasteiger partial charge in [-0.1, -0.05) is 0 Å². The lowest BCUT2D eigenvalue weighted by molar-refractivity contribution is 0.0307. The molecule has 2 heterocycles. The Kier molecular flexibility index (Phi) is 2.95. The lowest BCUT2D eigenvalue weighted by Gasteiger charge is -2.45. The zero-order valence-electron chi connectivity index (χ0n) is 10.9. The van der Waals surface area contributed by atoms with Crippen LogP contribution in [0.1, 0.15) is 30.2 Å². The van der Waals surface area contributed by atoms with Crippen molar-refractivity contribution in [3.8, 4) is 0 Å². The first-order chi connectivity index (χ1) is 7.90. The summed E-state index contributed by atoms with van der Waals surface area (Å²) >= 11 is 0. The number of amides is 1. The first kappa shape index (κ1) is 12.1. The summed E-state index contributed by atoms with van der Waals surface area (Å²) in [5.74, 6) is 0.827. The molecule has 5 nitrogen and oxygen atoms in total. The molecule has 17 heavy (non-hydrogen) atoms. The molecule has 0 atom stereocenters. The van der Waals surface area contributed by atoms with Gasteiger partial charge in [0.05, 0.1) is 6.20 Å². The summed E-state index contributed by atoms with van der Waals surface area (Å²) in [4.78, 5) is 23.5. The van der Waals surface area contributed by atoms with E-state index in [1.54, 1.807) is 6.20 Å². The number of piperazine rings is 1. The normalized spacial score (nSPS) is 20.6. The number of likely N-dealkylation sites (N-methyl/N-ethyl adjacent to an activating group) is 1. The van der Waals surface area contributed by atoms with Crippen LogP contribution in [-0.4, -0.2) is 57.9 Å². The quantitative estimate of drug-likeness (QED) is 0.787. The Morgan fingerprint density at radius 3 is 2.71 bits per heavy atom. The van der Waals surface area contributed by atoms with Crippen LogP contribution in [0.5, 0.6) is 0 Å². The van der Waals surface area contributed by atoms with E-state index in [0.717, 1.165) is 25.5 Å². The van der Waals surface area contributed by atoms with Crippen molar-refractivity contribution in [2.24, 2.45) is 0 Å². The molecular formula is C12H20N4O. The molecule has 94 valence electrons. The maximum atomic E-state index is 12.2. The van der Waals surface area contributed by atoms with Gasteiger partial charge in [-0.15, -0.1) is 0 Å². The van der Waals surface area contributed by atoms with Gasteiger partial charge in [0.1, 0.15) is 11.5 Å². The SMILES string of the molecule is Cc1ncc(C(=O)N2CCN(C)C(C)(C)C2)[nH]1. The highest BCUT2D eigenvalue weighted by Gasteiger charge is 2.33. The molecule has 1 aliphatic rings. The van der Waals surface area contributed by atoms with E-state index in [1.807, 2.05) is 11.8 Å². The van der Waals surface area contributed by atoms with E-state index in [-0.39, 0.29) is 11.4 Å². The highest BCUT2D eigenvalue weighted by molar-refractivity contribution is 5.92. The molecule has 0 radical (unpaired) electrons. The molecule has 5 heteroatoms. The second kappa shape index (κ2) is 4.14. The molecule has 1 saturated heterocycles. The minimum Gasteiger partial charge on any atom is -0.338 e. The number of carbonyl (C=O) groups is 1. The van der Waals surface area contributed by atoms with Crippen LogP contribution in [0, 0.1) is 6.92 Å². The van der Waals surface area contributed by atoms with Gasteiger partial charge in [0.15, 0.2) is 0 Å². The van der Waals surface area contributed by atoms with Gasteiger partial charge in [-0.05, 0) is 27.8 Å². The Balaban J connectivity index is 2.11. The lowest BCUT2D eigenvalue weighted by Crippen LogP contribution is -2.58. The van der Waals surface area contributed by atoms with E-state index in [4.69, 9.17) is 0 Å². The summed E-state index contributed by atoms with van der Waals surface area (Å²) in [6.45, 7) is 8.60. The number of nitrogens with zero attached hydrogens (tertiary/aromatic N) is 3. The predicted molar refractivity (Wildman–Crippen MR) is 65.9 cm³/mol. The van der Waals surface area contributed by atoms with Crippen LogP contribution in [0.3, 0.4) is 0 Å². The van der Waals surface area contributed by atoms with Crippen LogP contribution in [0.15, 0.2) is 6.20 Å². The monoisotopic (exact) mass is 236 g/mol. The van der Waals surface area contributed by atoms with Crippen molar-refractivity contribution in [2.75, 3.05) is 26.7 Å². The molecule has 0 bridgehead atoms. The van der Waals surface area contributed by atoms with Gasteiger partial charge in [0.2, 0.25) is 0 Å². The number of hydrogen-bond donors (Lipinski definition) is 1. The molecule has 1 fully saturated rings. The van der Waals surface area contributed by atoms with Crippen molar-refractivity contribution in [1.82, 2.24) is 19.8 Å². The molecule has 0 saturated carbocycles.